The van der Waals surface area contributed by atoms with Gasteiger partial charge in [-0.1, -0.05) is 29.3 Å². The van der Waals surface area contributed by atoms with Gasteiger partial charge in [-0.25, -0.2) is 0 Å². The zero-order valence-electron chi connectivity index (χ0n) is 10.2. The first kappa shape index (κ1) is 15.5. The van der Waals surface area contributed by atoms with Crippen LogP contribution in [-0.4, -0.2) is 18.9 Å². The second-order valence-electron chi connectivity index (χ2n) is 3.77. The third-order valence-electron chi connectivity index (χ3n) is 2.53. The highest BCUT2D eigenvalue weighted by molar-refractivity contribution is 6.35. The number of hydrogen-bond donors (Lipinski definition) is 0. The number of nitrogens with zero attached hydrogens (tertiary/aromatic N) is 1. The number of nitriles is 1. The van der Waals surface area contributed by atoms with Crippen molar-refractivity contribution in [2.75, 3.05) is 7.11 Å². The van der Waals surface area contributed by atoms with E-state index in [1.165, 1.54) is 19.2 Å². The van der Waals surface area contributed by atoms with E-state index in [9.17, 15) is 9.59 Å². The fraction of sp³-hybridized carbons (Fsp3) is 0.308. The Hall–Kier alpha value is -1.57. The number of ether oxygens (including phenoxy) is 1. The maximum absolute atomic E-state index is 11.9. The Labute approximate surface area is 120 Å². The molecule has 0 aliphatic carbocycles. The molecule has 1 aromatic rings. The number of benzene rings is 1. The van der Waals surface area contributed by atoms with Gasteiger partial charge in [0.2, 0.25) is 0 Å². The summed E-state index contributed by atoms with van der Waals surface area (Å²) in [5, 5.41) is 9.77. The van der Waals surface area contributed by atoms with E-state index in [0.29, 0.717) is 10.6 Å². The first-order chi connectivity index (χ1) is 8.99. The normalized spacial score (nSPS) is 11.5. The standard InChI is InChI=1S/C13H11Cl2NO3/c1-19-13(18)5-4-12(17)10(7-16)9-3-2-8(14)6-11(9)15/h2-3,6,10H,4-5H2,1H3/t10-/m1/s1. The van der Waals surface area contributed by atoms with Crippen LogP contribution in [0, 0.1) is 11.3 Å². The van der Waals surface area contributed by atoms with Crippen LogP contribution in [0.5, 0.6) is 0 Å². The molecule has 0 radical (unpaired) electrons. The first-order valence-electron chi connectivity index (χ1n) is 5.43. The van der Waals surface area contributed by atoms with E-state index in [1.807, 2.05) is 6.07 Å². The number of Topliss-reactive ketones (excluding diaryl/α,β-unsaturated/α-hetero) is 1. The van der Waals surface area contributed by atoms with Crippen LogP contribution in [0.2, 0.25) is 10.0 Å². The Morgan fingerprint density at radius 1 is 1.37 bits per heavy atom. The predicted molar refractivity (Wildman–Crippen MR) is 71.1 cm³/mol. The van der Waals surface area contributed by atoms with Crippen molar-refractivity contribution in [3.63, 3.8) is 0 Å². The molecule has 0 heterocycles. The molecule has 0 aliphatic heterocycles. The molecule has 0 bridgehead atoms. The molecular formula is C13H11Cl2NO3. The Morgan fingerprint density at radius 3 is 2.58 bits per heavy atom. The van der Waals surface area contributed by atoms with Gasteiger partial charge in [0.25, 0.3) is 0 Å². The lowest BCUT2D eigenvalue weighted by atomic mass is 9.93. The van der Waals surface area contributed by atoms with E-state index in [1.54, 1.807) is 6.07 Å². The van der Waals surface area contributed by atoms with Crippen molar-refractivity contribution in [3.05, 3.63) is 33.8 Å². The van der Waals surface area contributed by atoms with Crippen LogP contribution in [0.15, 0.2) is 18.2 Å². The van der Waals surface area contributed by atoms with Crippen molar-refractivity contribution < 1.29 is 14.3 Å². The van der Waals surface area contributed by atoms with Gasteiger partial charge < -0.3 is 4.74 Å². The van der Waals surface area contributed by atoms with Crippen molar-refractivity contribution >= 4 is 35.0 Å². The number of ketones is 1. The van der Waals surface area contributed by atoms with Gasteiger partial charge in [-0.05, 0) is 17.7 Å². The zero-order valence-corrected chi connectivity index (χ0v) is 11.7. The second-order valence-corrected chi connectivity index (χ2v) is 4.61. The van der Waals surface area contributed by atoms with E-state index in [4.69, 9.17) is 28.5 Å². The molecule has 0 aliphatic rings. The Kier molecular flexibility index (Phi) is 5.81. The monoisotopic (exact) mass is 299 g/mol. The summed E-state index contributed by atoms with van der Waals surface area (Å²) in [5.41, 5.74) is 0.392. The van der Waals surface area contributed by atoms with Gasteiger partial charge in [-0.3, -0.25) is 9.59 Å². The number of carbonyl (C=O) groups excluding carboxylic acids is 2. The number of halogens is 2. The van der Waals surface area contributed by atoms with Crippen LogP contribution >= 0.6 is 23.2 Å². The molecule has 0 fully saturated rings. The summed E-state index contributed by atoms with van der Waals surface area (Å²) >= 11 is 11.7. The quantitative estimate of drug-likeness (QED) is 0.783. The third kappa shape index (κ3) is 4.23. The molecule has 1 atom stereocenters. The molecular weight excluding hydrogens is 289 g/mol. The molecule has 0 saturated carbocycles. The lowest BCUT2D eigenvalue weighted by Crippen LogP contribution is -2.13. The van der Waals surface area contributed by atoms with Crippen LogP contribution in [-0.2, 0) is 14.3 Å². The fourth-order valence-electron chi connectivity index (χ4n) is 1.52. The molecule has 19 heavy (non-hydrogen) atoms. The zero-order chi connectivity index (χ0) is 14.4. The minimum absolute atomic E-state index is 0.0568. The molecule has 0 saturated heterocycles. The summed E-state index contributed by atoms with van der Waals surface area (Å²) in [6.45, 7) is 0. The van der Waals surface area contributed by atoms with Crippen LogP contribution in [0.3, 0.4) is 0 Å². The first-order valence-corrected chi connectivity index (χ1v) is 6.19. The van der Waals surface area contributed by atoms with Crippen molar-refractivity contribution in [1.29, 1.82) is 5.26 Å². The predicted octanol–water partition coefficient (Wildman–Crippen LogP) is 3.12. The van der Waals surface area contributed by atoms with Gasteiger partial charge >= 0.3 is 5.97 Å². The van der Waals surface area contributed by atoms with Crippen molar-refractivity contribution in [2.24, 2.45) is 0 Å². The highest BCUT2D eigenvalue weighted by Gasteiger charge is 2.23. The maximum atomic E-state index is 11.9. The summed E-state index contributed by atoms with van der Waals surface area (Å²) in [7, 11) is 1.24. The van der Waals surface area contributed by atoms with E-state index in [-0.39, 0.29) is 23.6 Å². The Balaban J connectivity index is 2.86. The minimum Gasteiger partial charge on any atom is -0.469 e. The Morgan fingerprint density at radius 2 is 2.05 bits per heavy atom. The van der Waals surface area contributed by atoms with E-state index >= 15 is 0 Å². The van der Waals surface area contributed by atoms with Crippen molar-refractivity contribution in [1.82, 2.24) is 0 Å². The molecule has 1 rings (SSSR count). The van der Waals surface area contributed by atoms with Gasteiger partial charge in [0.1, 0.15) is 5.92 Å². The van der Waals surface area contributed by atoms with Gasteiger partial charge in [0.05, 0.1) is 19.6 Å². The number of methoxy groups -OCH3 is 1. The highest BCUT2D eigenvalue weighted by atomic mass is 35.5. The average molecular weight is 300 g/mol. The summed E-state index contributed by atoms with van der Waals surface area (Å²) in [6, 6.07) is 6.45. The molecule has 6 heteroatoms. The number of hydrogen-bond acceptors (Lipinski definition) is 4. The lowest BCUT2D eigenvalue weighted by Gasteiger charge is -2.10. The van der Waals surface area contributed by atoms with Crippen LogP contribution in [0.1, 0.15) is 24.3 Å². The summed E-state index contributed by atoms with van der Waals surface area (Å²) in [4.78, 5) is 22.9. The van der Waals surface area contributed by atoms with Crippen molar-refractivity contribution in [2.45, 2.75) is 18.8 Å². The summed E-state index contributed by atoms with van der Waals surface area (Å²) in [6.07, 6.45) is -0.122. The average Bonchev–Trinajstić information content (AvgIpc) is 2.39. The molecule has 0 aromatic heterocycles. The molecule has 4 nitrogen and oxygen atoms in total. The van der Waals surface area contributed by atoms with Gasteiger partial charge in [-0.15, -0.1) is 0 Å². The van der Waals surface area contributed by atoms with Gasteiger partial charge in [0, 0.05) is 16.5 Å². The topological polar surface area (TPSA) is 67.2 Å². The van der Waals surface area contributed by atoms with E-state index in [2.05, 4.69) is 4.74 Å². The molecule has 0 unspecified atom stereocenters. The van der Waals surface area contributed by atoms with Crippen molar-refractivity contribution in [3.8, 4) is 6.07 Å². The van der Waals surface area contributed by atoms with E-state index < -0.39 is 11.9 Å². The maximum Gasteiger partial charge on any atom is 0.305 e. The van der Waals surface area contributed by atoms with Gasteiger partial charge in [0.15, 0.2) is 5.78 Å². The van der Waals surface area contributed by atoms with Crippen LogP contribution < -0.4 is 0 Å². The minimum atomic E-state index is -1.01. The number of rotatable bonds is 5. The summed E-state index contributed by atoms with van der Waals surface area (Å²) < 4.78 is 4.44. The second kappa shape index (κ2) is 7.13. The van der Waals surface area contributed by atoms with Crippen LogP contribution in [0.25, 0.3) is 0 Å². The van der Waals surface area contributed by atoms with Crippen LogP contribution in [0.4, 0.5) is 0 Å². The largest absolute Gasteiger partial charge is 0.469 e. The smallest absolute Gasteiger partial charge is 0.305 e. The SMILES string of the molecule is COC(=O)CCC(=O)[C@H](C#N)c1ccc(Cl)cc1Cl. The number of carbonyl (C=O) groups is 2. The lowest BCUT2D eigenvalue weighted by molar-refractivity contribution is -0.141. The summed E-state index contributed by atoms with van der Waals surface area (Å²) in [5.74, 6) is -1.88. The molecule has 100 valence electrons. The molecule has 0 N–H and O–H groups in total. The number of esters is 1. The molecule has 0 amide bonds. The molecule has 0 spiro atoms. The molecule has 1 aromatic carbocycles. The van der Waals surface area contributed by atoms with Gasteiger partial charge in [-0.2, -0.15) is 5.26 Å². The highest BCUT2D eigenvalue weighted by Crippen LogP contribution is 2.28. The Bertz CT molecular complexity index is 537. The fourth-order valence-corrected chi connectivity index (χ4v) is 2.04. The van der Waals surface area contributed by atoms with E-state index in [0.717, 1.165) is 0 Å². The third-order valence-corrected chi connectivity index (χ3v) is 3.09.